The second-order valence-corrected chi connectivity index (χ2v) is 9.89. The van der Waals surface area contributed by atoms with Crippen LogP contribution >= 0.6 is 22.9 Å². The average Bonchev–Trinajstić information content (AvgIpc) is 3.52. The predicted octanol–water partition coefficient (Wildman–Crippen LogP) is 5.00. The van der Waals surface area contributed by atoms with Crippen molar-refractivity contribution in [1.82, 2.24) is 20.0 Å². The summed E-state index contributed by atoms with van der Waals surface area (Å²) in [5, 5.41) is 10.3. The monoisotopic (exact) mass is 490 g/mol. The minimum Gasteiger partial charge on any atom is -0.350 e. The molecule has 3 heterocycles. The zero-order chi connectivity index (χ0) is 23.7. The zero-order valence-corrected chi connectivity index (χ0v) is 20.1. The molecule has 0 aliphatic carbocycles. The molecule has 0 saturated carbocycles. The Morgan fingerprint density at radius 2 is 1.85 bits per heavy atom. The van der Waals surface area contributed by atoms with Crippen LogP contribution in [0.1, 0.15) is 28.5 Å². The summed E-state index contributed by atoms with van der Waals surface area (Å²) in [6.45, 7) is 2.72. The number of benzene rings is 2. The SMILES string of the molecule is C[C@]1(C(=O)NCc2ccccc2)Cn2nc(-c3cccs3)cc2C(=O)N1Cc1ccc(Cl)cc1. The second-order valence-electron chi connectivity index (χ2n) is 8.51. The molecule has 0 radical (unpaired) electrons. The predicted molar refractivity (Wildman–Crippen MR) is 134 cm³/mol. The highest BCUT2D eigenvalue weighted by Gasteiger charge is 2.48. The number of fused-ring (bicyclic) bond motifs is 1. The third-order valence-corrected chi connectivity index (χ3v) is 7.25. The average molecular weight is 491 g/mol. The van der Waals surface area contributed by atoms with Crippen molar-refractivity contribution in [2.24, 2.45) is 0 Å². The summed E-state index contributed by atoms with van der Waals surface area (Å²) in [6, 6.07) is 22.8. The van der Waals surface area contributed by atoms with Gasteiger partial charge in [0.05, 0.1) is 11.4 Å². The maximum atomic E-state index is 13.7. The van der Waals surface area contributed by atoms with E-state index in [0.717, 1.165) is 21.7 Å². The lowest BCUT2D eigenvalue weighted by Gasteiger charge is -2.43. The van der Waals surface area contributed by atoms with Gasteiger partial charge in [-0.25, -0.2) is 0 Å². The van der Waals surface area contributed by atoms with Gasteiger partial charge in [0, 0.05) is 18.1 Å². The Labute approximate surface area is 206 Å². The molecule has 0 saturated heterocycles. The van der Waals surface area contributed by atoms with Gasteiger partial charge in [-0.05, 0) is 47.7 Å². The zero-order valence-electron chi connectivity index (χ0n) is 18.6. The minimum absolute atomic E-state index is 0.225. The standard InChI is InChI=1S/C26H23ClN4O2S/c1-26(25(33)28-15-18-6-3-2-4-7-18)17-31-22(14-21(29-31)23-8-5-13-34-23)24(32)30(26)16-19-9-11-20(27)12-10-19/h2-14H,15-17H2,1H3,(H,28,33)/t26-/m1/s1. The van der Waals surface area contributed by atoms with Gasteiger partial charge in [-0.3, -0.25) is 14.3 Å². The maximum Gasteiger partial charge on any atom is 0.273 e. The van der Waals surface area contributed by atoms with E-state index in [-0.39, 0.29) is 24.9 Å². The van der Waals surface area contributed by atoms with Crippen molar-refractivity contribution in [3.8, 4) is 10.6 Å². The van der Waals surface area contributed by atoms with E-state index in [1.165, 1.54) is 0 Å². The molecule has 1 N–H and O–H groups in total. The number of nitrogens with zero attached hydrogens (tertiary/aromatic N) is 3. The van der Waals surface area contributed by atoms with Crippen molar-refractivity contribution in [3.05, 3.63) is 100 Å². The number of rotatable bonds is 6. The summed E-state index contributed by atoms with van der Waals surface area (Å²) in [5.41, 5.74) is 1.97. The van der Waals surface area contributed by atoms with Crippen LogP contribution in [0.2, 0.25) is 5.02 Å². The maximum absolute atomic E-state index is 13.7. The van der Waals surface area contributed by atoms with Gasteiger partial charge in [-0.15, -0.1) is 11.3 Å². The first-order valence-corrected chi connectivity index (χ1v) is 12.2. The first kappa shape index (κ1) is 22.4. The smallest absolute Gasteiger partial charge is 0.273 e. The molecular weight excluding hydrogens is 468 g/mol. The van der Waals surface area contributed by atoms with Crippen LogP contribution < -0.4 is 5.32 Å². The van der Waals surface area contributed by atoms with Gasteiger partial charge < -0.3 is 10.2 Å². The number of thiophene rings is 1. The third kappa shape index (κ3) is 4.24. The number of aromatic nitrogens is 2. The first-order chi connectivity index (χ1) is 16.4. The number of halogens is 1. The van der Waals surface area contributed by atoms with Gasteiger partial charge in [0.1, 0.15) is 16.9 Å². The van der Waals surface area contributed by atoms with Crippen LogP contribution in [0, 0.1) is 0 Å². The summed E-state index contributed by atoms with van der Waals surface area (Å²) in [7, 11) is 0. The number of nitrogens with one attached hydrogen (secondary N) is 1. The molecule has 2 aromatic heterocycles. The van der Waals surface area contributed by atoms with Crippen LogP contribution in [0.15, 0.2) is 78.2 Å². The Balaban J connectivity index is 1.49. The molecule has 1 aliphatic heterocycles. The van der Waals surface area contributed by atoms with Crippen LogP contribution in [-0.2, 0) is 24.4 Å². The van der Waals surface area contributed by atoms with Crippen molar-refractivity contribution < 1.29 is 9.59 Å². The first-order valence-electron chi connectivity index (χ1n) is 10.9. The molecule has 6 nitrogen and oxygen atoms in total. The Kier molecular flexibility index (Phi) is 5.98. The van der Waals surface area contributed by atoms with Crippen molar-refractivity contribution in [1.29, 1.82) is 0 Å². The normalized spacial score (nSPS) is 17.5. The molecule has 0 bridgehead atoms. The molecule has 0 spiro atoms. The van der Waals surface area contributed by atoms with Crippen molar-refractivity contribution in [3.63, 3.8) is 0 Å². The van der Waals surface area contributed by atoms with Crippen LogP contribution in [0.25, 0.3) is 10.6 Å². The van der Waals surface area contributed by atoms with Crippen molar-refractivity contribution in [2.45, 2.75) is 32.1 Å². The van der Waals surface area contributed by atoms with Crippen LogP contribution in [0.4, 0.5) is 0 Å². The lowest BCUT2D eigenvalue weighted by molar-refractivity contribution is -0.133. The number of carbonyl (C=O) groups is 2. The summed E-state index contributed by atoms with van der Waals surface area (Å²) < 4.78 is 1.66. The molecule has 0 unspecified atom stereocenters. The fourth-order valence-corrected chi connectivity index (χ4v) is 4.98. The van der Waals surface area contributed by atoms with Crippen molar-refractivity contribution >= 4 is 34.8 Å². The highest BCUT2D eigenvalue weighted by atomic mass is 35.5. The fourth-order valence-electron chi connectivity index (χ4n) is 4.18. The quantitative estimate of drug-likeness (QED) is 0.413. The lowest BCUT2D eigenvalue weighted by atomic mass is 9.94. The molecule has 8 heteroatoms. The van der Waals surface area contributed by atoms with Crippen molar-refractivity contribution in [2.75, 3.05) is 0 Å². The molecule has 1 atom stereocenters. The van der Waals surface area contributed by atoms with E-state index in [0.29, 0.717) is 17.3 Å². The molecular formula is C26H23ClN4O2S. The molecule has 4 aromatic rings. The van der Waals surface area contributed by atoms with Gasteiger partial charge >= 0.3 is 0 Å². The molecule has 2 aromatic carbocycles. The summed E-state index contributed by atoms with van der Waals surface area (Å²) >= 11 is 7.62. The highest BCUT2D eigenvalue weighted by molar-refractivity contribution is 7.13. The Hall–Kier alpha value is -3.42. The number of hydrogen-bond acceptors (Lipinski definition) is 4. The van der Waals surface area contributed by atoms with Gasteiger partial charge in [-0.1, -0.05) is 60.1 Å². The molecule has 0 fully saturated rings. The molecule has 2 amide bonds. The van der Waals surface area contributed by atoms with E-state index in [4.69, 9.17) is 11.6 Å². The van der Waals surface area contributed by atoms with E-state index >= 15 is 0 Å². The Morgan fingerprint density at radius 3 is 2.56 bits per heavy atom. The van der Waals surface area contributed by atoms with Gasteiger partial charge in [0.15, 0.2) is 0 Å². The van der Waals surface area contributed by atoms with E-state index in [1.54, 1.807) is 40.0 Å². The number of amides is 2. The largest absolute Gasteiger partial charge is 0.350 e. The molecule has 34 heavy (non-hydrogen) atoms. The summed E-state index contributed by atoms with van der Waals surface area (Å²) in [4.78, 5) is 29.9. The topological polar surface area (TPSA) is 67.2 Å². The van der Waals surface area contributed by atoms with E-state index < -0.39 is 5.54 Å². The van der Waals surface area contributed by atoms with E-state index in [9.17, 15) is 9.59 Å². The third-order valence-electron chi connectivity index (χ3n) is 6.11. The highest BCUT2D eigenvalue weighted by Crippen LogP contribution is 2.32. The van der Waals surface area contributed by atoms with Crippen LogP contribution in [0.3, 0.4) is 0 Å². The minimum atomic E-state index is -1.13. The molecule has 1 aliphatic rings. The van der Waals surface area contributed by atoms with E-state index in [1.807, 2.05) is 66.0 Å². The second kappa shape index (κ2) is 9.08. The summed E-state index contributed by atoms with van der Waals surface area (Å²) in [6.07, 6.45) is 0. The Morgan fingerprint density at radius 1 is 1.09 bits per heavy atom. The van der Waals surface area contributed by atoms with Crippen LogP contribution in [0.5, 0.6) is 0 Å². The van der Waals surface area contributed by atoms with Gasteiger partial charge in [-0.2, -0.15) is 5.10 Å². The van der Waals surface area contributed by atoms with E-state index in [2.05, 4.69) is 10.4 Å². The lowest BCUT2D eigenvalue weighted by Crippen LogP contribution is -2.63. The molecule has 5 rings (SSSR count). The number of hydrogen-bond donors (Lipinski definition) is 1. The van der Waals surface area contributed by atoms with Gasteiger partial charge in [0.2, 0.25) is 5.91 Å². The number of carbonyl (C=O) groups excluding carboxylic acids is 2. The Bertz CT molecular complexity index is 1320. The fraction of sp³-hybridized carbons (Fsp3) is 0.192. The van der Waals surface area contributed by atoms with Gasteiger partial charge in [0.25, 0.3) is 5.91 Å². The summed E-state index contributed by atoms with van der Waals surface area (Å²) in [5.74, 6) is -0.452. The molecule has 172 valence electrons. The van der Waals surface area contributed by atoms with Crippen LogP contribution in [-0.4, -0.2) is 32.0 Å².